The van der Waals surface area contributed by atoms with E-state index in [2.05, 4.69) is 36.0 Å². The van der Waals surface area contributed by atoms with Gasteiger partial charge in [-0.3, -0.25) is 4.79 Å². The van der Waals surface area contributed by atoms with E-state index in [1.807, 2.05) is 12.1 Å². The molecule has 0 unspecified atom stereocenters. The second-order valence-electron chi connectivity index (χ2n) is 4.03. The molecular formula is C13H19NO2. The number of carbonyl (C=O) groups excluding carboxylic acids is 1. The number of methoxy groups -OCH3 is 1. The van der Waals surface area contributed by atoms with Gasteiger partial charge in [-0.05, 0) is 23.6 Å². The van der Waals surface area contributed by atoms with Crippen LogP contribution in [-0.2, 0) is 9.53 Å². The molecule has 0 atom stereocenters. The van der Waals surface area contributed by atoms with Crippen molar-refractivity contribution in [2.75, 3.05) is 19.0 Å². The Kier molecular flexibility index (Phi) is 4.83. The SMILES string of the molecule is COC(=O)CCNc1cccc(C(C)C)c1. The smallest absolute Gasteiger partial charge is 0.307 e. The van der Waals surface area contributed by atoms with E-state index in [0.717, 1.165) is 5.69 Å². The number of hydrogen-bond donors (Lipinski definition) is 1. The van der Waals surface area contributed by atoms with Gasteiger partial charge in [0.1, 0.15) is 0 Å². The molecule has 0 spiro atoms. The summed E-state index contributed by atoms with van der Waals surface area (Å²) in [5, 5.41) is 3.20. The Labute approximate surface area is 96.8 Å². The van der Waals surface area contributed by atoms with Crippen LogP contribution < -0.4 is 5.32 Å². The van der Waals surface area contributed by atoms with Gasteiger partial charge in [0.25, 0.3) is 0 Å². The molecule has 1 N–H and O–H groups in total. The highest BCUT2D eigenvalue weighted by molar-refractivity contribution is 5.69. The van der Waals surface area contributed by atoms with E-state index in [-0.39, 0.29) is 5.97 Å². The minimum atomic E-state index is -0.187. The zero-order valence-electron chi connectivity index (χ0n) is 10.1. The minimum absolute atomic E-state index is 0.187. The maximum atomic E-state index is 10.9. The van der Waals surface area contributed by atoms with Crippen molar-refractivity contribution in [2.24, 2.45) is 0 Å². The number of hydrogen-bond acceptors (Lipinski definition) is 3. The van der Waals surface area contributed by atoms with Gasteiger partial charge in [0, 0.05) is 12.2 Å². The maximum Gasteiger partial charge on any atom is 0.307 e. The Morgan fingerprint density at radius 2 is 2.19 bits per heavy atom. The van der Waals surface area contributed by atoms with Crippen molar-refractivity contribution in [1.82, 2.24) is 0 Å². The Balaban J connectivity index is 2.48. The maximum absolute atomic E-state index is 10.9. The van der Waals surface area contributed by atoms with E-state index in [4.69, 9.17) is 0 Å². The van der Waals surface area contributed by atoms with Crippen molar-refractivity contribution in [2.45, 2.75) is 26.2 Å². The first-order chi connectivity index (χ1) is 7.63. The van der Waals surface area contributed by atoms with Crippen LogP contribution in [0.25, 0.3) is 0 Å². The molecule has 1 aromatic carbocycles. The fraction of sp³-hybridized carbons (Fsp3) is 0.462. The summed E-state index contributed by atoms with van der Waals surface area (Å²) >= 11 is 0. The average molecular weight is 221 g/mol. The third kappa shape index (κ3) is 3.93. The highest BCUT2D eigenvalue weighted by Crippen LogP contribution is 2.18. The molecule has 0 radical (unpaired) electrons. The molecule has 16 heavy (non-hydrogen) atoms. The Hall–Kier alpha value is -1.51. The lowest BCUT2D eigenvalue weighted by atomic mass is 10.0. The van der Waals surface area contributed by atoms with Crippen molar-refractivity contribution in [1.29, 1.82) is 0 Å². The Morgan fingerprint density at radius 1 is 1.44 bits per heavy atom. The zero-order valence-corrected chi connectivity index (χ0v) is 10.1. The summed E-state index contributed by atoms with van der Waals surface area (Å²) in [4.78, 5) is 10.9. The summed E-state index contributed by atoms with van der Waals surface area (Å²) in [6.07, 6.45) is 0.391. The van der Waals surface area contributed by atoms with Gasteiger partial charge in [-0.1, -0.05) is 26.0 Å². The predicted molar refractivity (Wildman–Crippen MR) is 65.7 cm³/mol. The minimum Gasteiger partial charge on any atom is -0.469 e. The van der Waals surface area contributed by atoms with Crippen molar-refractivity contribution < 1.29 is 9.53 Å². The molecule has 0 aliphatic carbocycles. The van der Waals surface area contributed by atoms with E-state index < -0.39 is 0 Å². The molecule has 0 aliphatic rings. The summed E-state index contributed by atoms with van der Waals surface area (Å²) in [5.41, 5.74) is 2.35. The number of esters is 1. The number of rotatable bonds is 5. The molecule has 0 aliphatic heterocycles. The zero-order chi connectivity index (χ0) is 12.0. The lowest BCUT2D eigenvalue weighted by Crippen LogP contribution is -2.09. The van der Waals surface area contributed by atoms with Crippen LogP contribution in [0.4, 0.5) is 5.69 Å². The molecule has 0 heterocycles. The fourth-order valence-electron chi connectivity index (χ4n) is 1.42. The largest absolute Gasteiger partial charge is 0.469 e. The van der Waals surface area contributed by atoms with Crippen LogP contribution in [0.3, 0.4) is 0 Å². The lowest BCUT2D eigenvalue weighted by molar-refractivity contribution is -0.140. The molecule has 0 saturated carbocycles. The van der Waals surface area contributed by atoms with Gasteiger partial charge >= 0.3 is 5.97 Å². The summed E-state index contributed by atoms with van der Waals surface area (Å²) in [6.45, 7) is 4.93. The number of ether oxygens (including phenoxy) is 1. The number of carbonyl (C=O) groups is 1. The molecule has 0 aromatic heterocycles. The van der Waals surface area contributed by atoms with Crippen molar-refractivity contribution in [3.8, 4) is 0 Å². The number of nitrogens with one attached hydrogen (secondary N) is 1. The van der Waals surface area contributed by atoms with E-state index in [0.29, 0.717) is 18.9 Å². The van der Waals surface area contributed by atoms with Crippen LogP contribution in [0.5, 0.6) is 0 Å². The summed E-state index contributed by atoms with van der Waals surface area (Å²) in [7, 11) is 1.40. The Bertz CT molecular complexity index is 348. The number of benzene rings is 1. The Morgan fingerprint density at radius 3 is 2.81 bits per heavy atom. The van der Waals surface area contributed by atoms with E-state index in [1.165, 1.54) is 12.7 Å². The first kappa shape index (κ1) is 12.6. The highest BCUT2D eigenvalue weighted by Gasteiger charge is 2.01. The second-order valence-corrected chi connectivity index (χ2v) is 4.03. The van der Waals surface area contributed by atoms with Gasteiger partial charge in [0.15, 0.2) is 0 Å². The van der Waals surface area contributed by atoms with Crippen LogP contribution in [0.1, 0.15) is 31.7 Å². The molecule has 88 valence electrons. The van der Waals surface area contributed by atoms with Crippen LogP contribution >= 0.6 is 0 Å². The van der Waals surface area contributed by atoms with Gasteiger partial charge in [0.2, 0.25) is 0 Å². The molecular weight excluding hydrogens is 202 g/mol. The normalized spacial score (nSPS) is 10.2. The molecule has 0 fully saturated rings. The molecule has 0 bridgehead atoms. The summed E-state index contributed by atoms with van der Waals surface area (Å²) in [5.74, 6) is 0.329. The average Bonchev–Trinajstić information content (AvgIpc) is 2.29. The topological polar surface area (TPSA) is 38.3 Å². The molecule has 0 amide bonds. The predicted octanol–water partition coefficient (Wildman–Crippen LogP) is 2.79. The molecule has 3 heteroatoms. The third-order valence-electron chi connectivity index (χ3n) is 2.44. The van der Waals surface area contributed by atoms with Gasteiger partial charge in [-0.25, -0.2) is 0 Å². The second kappa shape index (κ2) is 6.16. The first-order valence-corrected chi connectivity index (χ1v) is 5.54. The third-order valence-corrected chi connectivity index (χ3v) is 2.44. The van der Waals surface area contributed by atoms with Crippen molar-refractivity contribution >= 4 is 11.7 Å². The van der Waals surface area contributed by atoms with Crippen LogP contribution in [0.15, 0.2) is 24.3 Å². The van der Waals surface area contributed by atoms with Crippen molar-refractivity contribution in [3.63, 3.8) is 0 Å². The first-order valence-electron chi connectivity index (χ1n) is 5.54. The van der Waals surface area contributed by atoms with Crippen LogP contribution in [0.2, 0.25) is 0 Å². The molecule has 1 rings (SSSR count). The van der Waals surface area contributed by atoms with Gasteiger partial charge < -0.3 is 10.1 Å². The standard InChI is InChI=1S/C13H19NO2/c1-10(2)11-5-4-6-12(9-11)14-8-7-13(15)16-3/h4-6,9-10,14H,7-8H2,1-3H3. The van der Waals surface area contributed by atoms with Gasteiger partial charge in [-0.2, -0.15) is 0 Å². The van der Waals surface area contributed by atoms with Crippen molar-refractivity contribution in [3.05, 3.63) is 29.8 Å². The van der Waals surface area contributed by atoms with Gasteiger partial charge in [-0.15, -0.1) is 0 Å². The molecule has 3 nitrogen and oxygen atoms in total. The van der Waals surface area contributed by atoms with E-state index in [1.54, 1.807) is 0 Å². The quantitative estimate of drug-likeness (QED) is 0.777. The highest BCUT2D eigenvalue weighted by atomic mass is 16.5. The monoisotopic (exact) mass is 221 g/mol. The van der Waals surface area contributed by atoms with Gasteiger partial charge in [0.05, 0.1) is 13.5 Å². The lowest BCUT2D eigenvalue weighted by Gasteiger charge is -2.09. The van der Waals surface area contributed by atoms with Crippen LogP contribution in [-0.4, -0.2) is 19.6 Å². The summed E-state index contributed by atoms with van der Waals surface area (Å²) < 4.78 is 4.57. The van der Waals surface area contributed by atoms with Crippen LogP contribution in [0, 0.1) is 0 Å². The van der Waals surface area contributed by atoms with E-state index in [9.17, 15) is 4.79 Å². The molecule has 1 aromatic rings. The summed E-state index contributed by atoms with van der Waals surface area (Å²) in [6, 6.07) is 8.25. The number of anilines is 1. The van der Waals surface area contributed by atoms with E-state index >= 15 is 0 Å². The fourth-order valence-corrected chi connectivity index (χ4v) is 1.42. The molecule has 0 saturated heterocycles.